The second-order valence-electron chi connectivity index (χ2n) is 6.54. The Morgan fingerprint density at radius 3 is 2.67 bits per heavy atom. The minimum absolute atomic E-state index is 0.220. The highest BCUT2D eigenvalue weighted by molar-refractivity contribution is 7.15. The zero-order valence-corrected chi connectivity index (χ0v) is 17.1. The van der Waals surface area contributed by atoms with Crippen LogP contribution in [0.25, 0.3) is 34.5 Å². The van der Waals surface area contributed by atoms with E-state index in [9.17, 15) is 4.79 Å². The molecule has 7 heteroatoms. The van der Waals surface area contributed by atoms with Gasteiger partial charge in [0.1, 0.15) is 16.1 Å². The fraction of sp³-hybridized carbons (Fsp3) is 0. The molecule has 0 amide bonds. The summed E-state index contributed by atoms with van der Waals surface area (Å²) in [6, 6.07) is 21.0. The first-order chi connectivity index (χ1) is 14.7. The Morgan fingerprint density at radius 2 is 1.87 bits per heavy atom. The number of benzene rings is 2. The lowest BCUT2D eigenvalue weighted by Crippen LogP contribution is -2.23. The quantitative estimate of drug-likeness (QED) is 0.410. The van der Waals surface area contributed by atoms with Crippen molar-refractivity contribution in [1.29, 1.82) is 0 Å². The van der Waals surface area contributed by atoms with Gasteiger partial charge in [0, 0.05) is 16.7 Å². The first kappa shape index (κ1) is 18.5. The molecule has 0 aliphatic carbocycles. The summed E-state index contributed by atoms with van der Waals surface area (Å²) in [6.45, 7) is 0. The van der Waals surface area contributed by atoms with E-state index in [4.69, 9.17) is 16.0 Å². The molecular formula is C23H14ClN3O2S. The van der Waals surface area contributed by atoms with Gasteiger partial charge < -0.3 is 4.42 Å². The number of halogens is 1. The minimum atomic E-state index is -0.220. The van der Waals surface area contributed by atoms with Crippen molar-refractivity contribution in [3.05, 3.63) is 104 Å². The molecule has 0 N–H and O–H groups in total. The summed E-state index contributed by atoms with van der Waals surface area (Å²) in [5, 5.41) is 4.94. The van der Waals surface area contributed by atoms with E-state index < -0.39 is 0 Å². The highest BCUT2D eigenvalue weighted by atomic mass is 35.5. The summed E-state index contributed by atoms with van der Waals surface area (Å²) in [5.41, 5.74) is 1.70. The molecule has 0 aliphatic heterocycles. The Labute approximate surface area is 180 Å². The van der Waals surface area contributed by atoms with Gasteiger partial charge in [-0.1, -0.05) is 71.5 Å². The molecular weight excluding hydrogens is 418 g/mol. The van der Waals surface area contributed by atoms with Crippen LogP contribution in [0.15, 0.2) is 75.9 Å². The summed E-state index contributed by atoms with van der Waals surface area (Å²) in [7, 11) is 0. The van der Waals surface area contributed by atoms with Gasteiger partial charge >= 0.3 is 0 Å². The van der Waals surface area contributed by atoms with Crippen LogP contribution in [0.3, 0.4) is 0 Å². The summed E-state index contributed by atoms with van der Waals surface area (Å²) in [6.07, 6.45) is 5.41. The molecule has 0 bridgehead atoms. The van der Waals surface area contributed by atoms with Crippen molar-refractivity contribution in [3.8, 4) is 11.3 Å². The molecule has 0 saturated heterocycles. The smallest absolute Gasteiger partial charge is 0.291 e. The number of furan rings is 1. The van der Waals surface area contributed by atoms with Gasteiger partial charge in [-0.3, -0.25) is 4.79 Å². The molecule has 3 heterocycles. The summed E-state index contributed by atoms with van der Waals surface area (Å²) >= 11 is 7.32. The standard InChI is InChI=1S/C23H14ClN3O2S/c24-17-8-4-7-16(13-17)19-11-10-18(29-19)14-20-22(28)27-23(30-20)25-21(26-27)12-9-15-5-2-1-3-6-15/h1-14H/b12-9+,20-14-. The topological polar surface area (TPSA) is 60.4 Å². The van der Waals surface area contributed by atoms with E-state index in [-0.39, 0.29) is 5.56 Å². The van der Waals surface area contributed by atoms with Crippen molar-refractivity contribution < 1.29 is 4.42 Å². The van der Waals surface area contributed by atoms with Crippen LogP contribution in [0, 0.1) is 0 Å². The van der Waals surface area contributed by atoms with E-state index in [1.54, 1.807) is 12.2 Å². The molecule has 0 atom stereocenters. The second kappa shape index (κ2) is 7.74. The first-order valence-electron chi connectivity index (χ1n) is 9.16. The fourth-order valence-corrected chi connectivity index (χ4v) is 4.10. The molecule has 0 fully saturated rings. The van der Waals surface area contributed by atoms with E-state index in [0.717, 1.165) is 11.1 Å². The van der Waals surface area contributed by atoms with Gasteiger partial charge in [-0.15, -0.1) is 5.10 Å². The highest BCUT2D eigenvalue weighted by Gasteiger charge is 2.10. The Morgan fingerprint density at radius 1 is 1.00 bits per heavy atom. The van der Waals surface area contributed by atoms with Gasteiger partial charge in [0.2, 0.25) is 4.96 Å². The van der Waals surface area contributed by atoms with E-state index in [1.165, 1.54) is 15.9 Å². The maximum atomic E-state index is 12.7. The summed E-state index contributed by atoms with van der Waals surface area (Å²) < 4.78 is 7.69. The molecule has 0 unspecified atom stereocenters. The predicted molar refractivity (Wildman–Crippen MR) is 120 cm³/mol. The Hall–Kier alpha value is -3.48. The van der Waals surface area contributed by atoms with E-state index >= 15 is 0 Å². The van der Waals surface area contributed by atoms with Crippen molar-refractivity contribution in [2.24, 2.45) is 0 Å². The predicted octanol–water partition coefficient (Wildman–Crippen LogP) is 4.78. The van der Waals surface area contributed by atoms with Crippen molar-refractivity contribution in [2.75, 3.05) is 0 Å². The second-order valence-corrected chi connectivity index (χ2v) is 7.98. The third-order valence-electron chi connectivity index (χ3n) is 4.43. The van der Waals surface area contributed by atoms with Gasteiger partial charge in [-0.05, 0) is 35.9 Å². The first-order valence-corrected chi connectivity index (χ1v) is 10.4. The van der Waals surface area contributed by atoms with Gasteiger partial charge in [-0.25, -0.2) is 0 Å². The Balaban J connectivity index is 1.45. The van der Waals surface area contributed by atoms with Gasteiger partial charge in [-0.2, -0.15) is 9.50 Å². The molecule has 0 spiro atoms. The third-order valence-corrected chi connectivity index (χ3v) is 5.63. The zero-order chi connectivity index (χ0) is 20.5. The van der Waals surface area contributed by atoms with Crippen molar-refractivity contribution >= 4 is 46.1 Å². The molecule has 30 heavy (non-hydrogen) atoms. The lowest BCUT2D eigenvalue weighted by molar-refractivity contribution is 0.571. The number of rotatable bonds is 4. The van der Waals surface area contributed by atoms with Crippen LogP contribution in [-0.2, 0) is 0 Å². The maximum absolute atomic E-state index is 12.7. The van der Waals surface area contributed by atoms with Crippen molar-refractivity contribution in [1.82, 2.24) is 14.6 Å². The van der Waals surface area contributed by atoms with Crippen LogP contribution >= 0.6 is 22.9 Å². The summed E-state index contributed by atoms with van der Waals surface area (Å²) in [5.74, 6) is 1.76. The van der Waals surface area contributed by atoms with E-state index in [1.807, 2.05) is 72.8 Å². The molecule has 146 valence electrons. The van der Waals surface area contributed by atoms with Crippen molar-refractivity contribution in [2.45, 2.75) is 0 Å². The lowest BCUT2D eigenvalue weighted by atomic mass is 10.2. The van der Waals surface area contributed by atoms with E-state index in [0.29, 0.717) is 31.9 Å². The fourth-order valence-electron chi connectivity index (χ4n) is 3.01. The molecule has 2 aromatic carbocycles. The number of hydrogen-bond donors (Lipinski definition) is 0. The van der Waals surface area contributed by atoms with Crippen molar-refractivity contribution in [3.63, 3.8) is 0 Å². The zero-order valence-electron chi connectivity index (χ0n) is 15.5. The number of fused-ring (bicyclic) bond motifs is 1. The average Bonchev–Trinajstić information content (AvgIpc) is 3.45. The summed E-state index contributed by atoms with van der Waals surface area (Å²) in [4.78, 5) is 17.7. The number of hydrogen-bond acceptors (Lipinski definition) is 5. The Bertz CT molecular complexity index is 1480. The number of aromatic nitrogens is 3. The minimum Gasteiger partial charge on any atom is -0.457 e. The van der Waals surface area contributed by atoms with Crippen LogP contribution in [-0.4, -0.2) is 14.6 Å². The molecule has 5 rings (SSSR count). The number of thiazole rings is 1. The molecule has 3 aromatic heterocycles. The van der Waals surface area contributed by atoms with Gasteiger partial charge in [0.05, 0.1) is 0 Å². The molecule has 5 aromatic rings. The monoisotopic (exact) mass is 431 g/mol. The van der Waals surface area contributed by atoms with Crippen LogP contribution in [0.5, 0.6) is 0 Å². The normalized spacial score (nSPS) is 12.4. The van der Waals surface area contributed by atoms with Gasteiger partial charge in [0.25, 0.3) is 5.56 Å². The van der Waals surface area contributed by atoms with Crippen LogP contribution in [0.4, 0.5) is 0 Å². The maximum Gasteiger partial charge on any atom is 0.291 e. The lowest BCUT2D eigenvalue weighted by Gasteiger charge is -1.96. The molecule has 0 radical (unpaired) electrons. The average molecular weight is 432 g/mol. The SMILES string of the molecule is O=c1/c(=C/c2ccc(-c3cccc(Cl)c3)o2)sc2nc(/C=C/c3ccccc3)nn12. The van der Waals surface area contributed by atoms with Crippen LogP contribution in [0.1, 0.15) is 17.1 Å². The third kappa shape index (κ3) is 3.70. The van der Waals surface area contributed by atoms with Gasteiger partial charge in [0.15, 0.2) is 5.82 Å². The highest BCUT2D eigenvalue weighted by Crippen LogP contribution is 2.25. The largest absolute Gasteiger partial charge is 0.457 e. The van der Waals surface area contributed by atoms with E-state index in [2.05, 4.69) is 10.1 Å². The van der Waals surface area contributed by atoms with Crippen LogP contribution < -0.4 is 10.1 Å². The molecule has 0 aliphatic rings. The van der Waals surface area contributed by atoms with Crippen LogP contribution in [0.2, 0.25) is 5.02 Å². The molecule has 5 nitrogen and oxygen atoms in total. The Kier molecular flexibility index (Phi) is 4.78. The molecule has 0 saturated carbocycles. The number of nitrogens with zero attached hydrogens (tertiary/aromatic N) is 3.